The van der Waals surface area contributed by atoms with Crippen LogP contribution in [0.15, 0.2) is 18.2 Å². The van der Waals surface area contributed by atoms with Crippen LogP contribution in [-0.4, -0.2) is 19.8 Å². The first-order valence-corrected chi connectivity index (χ1v) is 6.44. The van der Waals surface area contributed by atoms with Crippen LogP contribution in [0.5, 0.6) is 0 Å². The van der Waals surface area contributed by atoms with Gasteiger partial charge in [0.05, 0.1) is 12.6 Å². The van der Waals surface area contributed by atoms with Crippen molar-refractivity contribution in [3.05, 3.63) is 35.4 Å². The zero-order chi connectivity index (χ0) is 13.4. The highest BCUT2D eigenvalue weighted by atomic mass is 19.1. The molecule has 0 radical (unpaired) electrons. The zero-order valence-electron chi connectivity index (χ0n) is 11.0. The lowest BCUT2D eigenvalue weighted by molar-refractivity contribution is 0.112. The Balaban J connectivity index is 2.72. The first-order chi connectivity index (χ1) is 8.67. The van der Waals surface area contributed by atoms with E-state index in [1.165, 1.54) is 12.1 Å². The number of rotatable bonds is 8. The van der Waals surface area contributed by atoms with Gasteiger partial charge in [0.15, 0.2) is 0 Å². The van der Waals surface area contributed by atoms with E-state index >= 15 is 0 Å². The van der Waals surface area contributed by atoms with Crippen molar-refractivity contribution < 1.29 is 13.5 Å². The molecule has 0 fully saturated rings. The Morgan fingerprint density at radius 3 is 2.33 bits per heavy atom. The second-order valence-electron chi connectivity index (χ2n) is 4.28. The zero-order valence-corrected chi connectivity index (χ0v) is 11.0. The molecule has 2 nitrogen and oxygen atoms in total. The lowest BCUT2D eigenvalue weighted by atomic mass is 10.1. The third-order valence-electron chi connectivity index (χ3n) is 2.56. The smallest absolute Gasteiger partial charge is 0.126 e. The summed E-state index contributed by atoms with van der Waals surface area (Å²) in [4.78, 5) is 0. The summed E-state index contributed by atoms with van der Waals surface area (Å²) in [6, 6.07) is 3.42. The molecule has 1 atom stereocenters. The fourth-order valence-electron chi connectivity index (χ4n) is 1.71. The van der Waals surface area contributed by atoms with Crippen LogP contribution in [0.1, 0.15) is 38.3 Å². The van der Waals surface area contributed by atoms with Gasteiger partial charge in [-0.1, -0.05) is 13.8 Å². The van der Waals surface area contributed by atoms with Crippen LogP contribution in [0.3, 0.4) is 0 Å². The second-order valence-corrected chi connectivity index (χ2v) is 4.28. The molecule has 0 saturated heterocycles. The number of nitrogens with one attached hydrogen (secondary N) is 1. The van der Waals surface area contributed by atoms with Crippen molar-refractivity contribution in [1.29, 1.82) is 0 Å². The molecule has 0 amide bonds. The third kappa shape index (κ3) is 5.10. The van der Waals surface area contributed by atoms with Gasteiger partial charge in [0, 0.05) is 12.7 Å². The van der Waals surface area contributed by atoms with E-state index in [2.05, 4.69) is 5.32 Å². The summed E-state index contributed by atoms with van der Waals surface area (Å²) in [7, 11) is 0. The molecule has 1 aromatic rings. The Labute approximate surface area is 107 Å². The van der Waals surface area contributed by atoms with Gasteiger partial charge in [-0.05, 0) is 37.1 Å². The van der Waals surface area contributed by atoms with E-state index < -0.39 is 11.6 Å². The fourth-order valence-corrected chi connectivity index (χ4v) is 1.71. The lowest BCUT2D eigenvalue weighted by Gasteiger charge is -2.19. The van der Waals surface area contributed by atoms with Crippen LogP contribution in [0, 0.1) is 11.6 Å². The molecule has 0 saturated carbocycles. The van der Waals surface area contributed by atoms with Crippen molar-refractivity contribution in [2.75, 3.05) is 19.8 Å². The van der Waals surface area contributed by atoms with Crippen LogP contribution in [0.2, 0.25) is 0 Å². The highest BCUT2D eigenvalue weighted by Gasteiger charge is 2.13. The predicted molar refractivity (Wildman–Crippen MR) is 68.5 cm³/mol. The summed E-state index contributed by atoms with van der Waals surface area (Å²) in [5.41, 5.74) is 0.594. The van der Waals surface area contributed by atoms with Gasteiger partial charge in [-0.25, -0.2) is 8.78 Å². The second kappa shape index (κ2) is 8.16. The number of ether oxygens (including phenoxy) is 1. The number of benzene rings is 1. The lowest BCUT2D eigenvalue weighted by Crippen LogP contribution is -2.26. The van der Waals surface area contributed by atoms with Gasteiger partial charge in [-0.3, -0.25) is 0 Å². The molecule has 1 N–H and O–H groups in total. The first kappa shape index (κ1) is 15.1. The summed E-state index contributed by atoms with van der Waals surface area (Å²) in [5.74, 6) is -1.10. The Morgan fingerprint density at radius 2 is 1.78 bits per heavy atom. The molecule has 102 valence electrons. The highest BCUT2D eigenvalue weighted by molar-refractivity contribution is 5.21. The summed E-state index contributed by atoms with van der Waals surface area (Å²) in [6.07, 6.45) is 1.89. The Morgan fingerprint density at radius 1 is 1.11 bits per heavy atom. The van der Waals surface area contributed by atoms with Crippen LogP contribution in [0.4, 0.5) is 8.78 Å². The minimum absolute atomic E-state index is 0.165. The molecule has 1 aromatic carbocycles. The summed E-state index contributed by atoms with van der Waals surface area (Å²) in [5, 5.41) is 3.24. The largest absolute Gasteiger partial charge is 0.379 e. The van der Waals surface area contributed by atoms with E-state index in [9.17, 15) is 8.78 Å². The minimum Gasteiger partial charge on any atom is -0.379 e. The first-order valence-electron chi connectivity index (χ1n) is 6.44. The number of halogens is 2. The number of hydrogen-bond donors (Lipinski definition) is 1. The molecular weight excluding hydrogens is 236 g/mol. The van der Waals surface area contributed by atoms with Crippen molar-refractivity contribution in [3.8, 4) is 0 Å². The normalized spacial score (nSPS) is 12.7. The summed E-state index contributed by atoms with van der Waals surface area (Å²) >= 11 is 0. The van der Waals surface area contributed by atoms with E-state index in [0.717, 1.165) is 25.5 Å². The third-order valence-corrected chi connectivity index (χ3v) is 2.56. The summed E-state index contributed by atoms with van der Waals surface area (Å²) < 4.78 is 31.8. The predicted octanol–water partition coefficient (Wildman–Crippen LogP) is 3.43. The van der Waals surface area contributed by atoms with E-state index in [1.807, 2.05) is 13.8 Å². The van der Waals surface area contributed by atoms with Gasteiger partial charge in [0.25, 0.3) is 0 Å². The van der Waals surface area contributed by atoms with Crippen LogP contribution < -0.4 is 5.32 Å². The molecule has 0 aliphatic rings. The minimum atomic E-state index is -0.552. The Hall–Kier alpha value is -1.00. The highest BCUT2D eigenvalue weighted by Crippen LogP contribution is 2.17. The van der Waals surface area contributed by atoms with E-state index in [1.54, 1.807) is 0 Å². The number of hydrogen-bond acceptors (Lipinski definition) is 2. The monoisotopic (exact) mass is 257 g/mol. The van der Waals surface area contributed by atoms with Crippen molar-refractivity contribution in [2.45, 2.75) is 32.7 Å². The summed E-state index contributed by atoms with van der Waals surface area (Å²) in [6.45, 7) is 5.94. The van der Waals surface area contributed by atoms with Crippen LogP contribution >= 0.6 is 0 Å². The SMILES string of the molecule is CCCNC(COCCC)c1cc(F)cc(F)c1. The maximum Gasteiger partial charge on any atom is 0.126 e. The van der Waals surface area contributed by atoms with E-state index in [4.69, 9.17) is 4.74 Å². The maximum absolute atomic E-state index is 13.2. The van der Waals surface area contributed by atoms with E-state index in [-0.39, 0.29) is 6.04 Å². The molecule has 18 heavy (non-hydrogen) atoms. The average molecular weight is 257 g/mol. The van der Waals surface area contributed by atoms with Gasteiger partial charge in [0.2, 0.25) is 0 Å². The molecule has 0 aliphatic carbocycles. The van der Waals surface area contributed by atoms with E-state index in [0.29, 0.717) is 18.8 Å². The average Bonchev–Trinajstić information content (AvgIpc) is 2.32. The topological polar surface area (TPSA) is 21.3 Å². The fraction of sp³-hybridized carbons (Fsp3) is 0.571. The van der Waals surface area contributed by atoms with Gasteiger partial charge >= 0.3 is 0 Å². The Kier molecular flexibility index (Phi) is 6.83. The quantitative estimate of drug-likeness (QED) is 0.720. The van der Waals surface area contributed by atoms with Crippen molar-refractivity contribution in [3.63, 3.8) is 0 Å². The van der Waals surface area contributed by atoms with Crippen LogP contribution in [-0.2, 0) is 4.74 Å². The molecule has 4 heteroatoms. The molecular formula is C14H21F2NO. The van der Waals surface area contributed by atoms with Gasteiger partial charge in [-0.15, -0.1) is 0 Å². The van der Waals surface area contributed by atoms with Gasteiger partial charge in [0.1, 0.15) is 11.6 Å². The molecule has 0 spiro atoms. The van der Waals surface area contributed by atoms with Crippen LogP contribution in [0.25, 0.3) is 0 Å². The molecule has 1 rings (SSSR count). The maximum atomic E-state index is 13.2. The molecule has 0 aliphatic heterocycles. The molecule has 0 bridgehead atoms. The van der Waals surface area contributed by atoms with Crippen molar-refractivity contribution >= 4 is 0 Å². The van der Waals surface area contributed by atoms with Gasteiger partial charge < -0.3 is 10.1 Å². The van der Waals surface area contributed by atoms with Crippen molar-refractivity contribution in [1.82, 2.24) is 5.32 Å². The molecule has 0 aromatic heterocycles. The van der Waals surface area contributed by atoms with Gasteiger partial charge in [-0.2, -0.15) is 0 Å². The molecule has 0 heterocycles. The molecule has 1 unspecified atom stereocenters. The standard InChI is InChI=1S/C14H21F2NO/c1-3-5-17-14(10-18-6-4-2)11-7-12(15)9-13(16)8-11/h7-9,14,17H,3-6,10H2,1-2H3. The Bertz CT molecular complexity index is 337. The van der Waals surface area contributed by atoms with Crippen molar-refractivity contribution in [2.24, 2.45) is 0 Å².